The highest BCUT2D eigenvalue weighted by Gasteiger charge is 2.14. The molecule has 0 bridgehead atoms. The molecule has 0 saturated carbocycles. The van der Waals surface area contributed by atoms with Gasteiger partial charge in [-0.15, -0.1) is 0 Å². The fourth-order valence-corrected chi connectivity index (χ4v) is 1.96. The highest BCUT2D eigenvalue weighted by Crippen LogP contribution is 2.23. The molecule has 1 aromatic carbocycles. The number of oxime groups is 1. The van der Waals surface area contributed by atoms with Crippen LogP contribution < -0.4 is 10.5 Å². The quantitative estimate of drug-likeness (QED) is 0.240. The zero-order chi connectivity index (χ0) is 15.7. The molecule has 0 aliphatic carbocycles. The minimum absolute atomic E-state index is 0.0283. The highest BCUT2D eigenvalue weighted by molar-refractivity contribution is 5.97. The number of halogens is 2. The number of ether oxygens (including phenoxy) is 1. The Bertz CT molecular complexity index is 456. The molecule has 1 rings (SSSR count). The Balaban J connectivity index is 2.49. The van der Waals surface area contributed by atoms with Crippen molar-refractivity contribution >= 4 is 5.84 Å². The maximum atomic E-state index is 13.7. The third-order valence-corrected chi connectivity index (χ3v) is 3.15. The third kappa shape index (κ3) is 5.57. The molecule has 3 N–H and O–H groups in total. The number of nitrogens with two attached hydrogens (primary N) is 1. The predicted molar refractivity (Wildman–Crippen MR) is 77.7 cm³/mol. The summed E-state index contributed by atoms with van der Waals surface area (Å²) >= 11 is 0. The monoisotopic (exact) mass is 300 g/mol. The van der Waals surface area contributed by atoms with Gasteiger partial charge in [0.2, 0.25) is 0 Å². The second-order valence-corrected chi connectivity index (χ2v) is 4.87. The molecule has 0 fully saturated rings. The summed E-state index contributed by atoms with van der Waals surface area (Å²) in [5, 5.41) is 11.2. The smallest absolute Gasteiger partial charge is 0.190 e. The van der Waals surface area contributed by atoms with Crippen molar-refractivity contribution in [2.45, 2.75) is 45.4 Å². The van der Waals surface area contributed by atoms with Gasteiger partial charge in [-0.25, -0.2) is 8.78 Å². The van der Waals surface area contributed by atoms with Crippen molar-refractivity contribution in [3.8, 4) is 5.75 Å². The summed E-state index contributed by atoms with van der Waals surface area (Å²) in [6.07, 6.45) is 6.40. The number of hydrogen-bond acceptors (Lipinski definition) is 3. The van der Waals surface area contributed by atoms with Gasteiger partial charge in [0, 0.05) is 5.56 Å². The Morgan fingerprint density at radius 1 is 1.14 bits per heavy atom. The summed E-state index contributed by atoms with van der Waals surface area (Å²) in [5.74, 6) is -2.49. The average molecular weight is 300 g/mol. The Morgan fingerprint density at radius 3 is 2.29 bits per heavy atom. The average Bonchev–Trinajstić information content (AvgIpc) is 2.47. The van der Waals surface area contributed by atoms with E-state index in [0.29, 0.717) is 0 Å². The first-order chi connectivity index (χ1) is 10.1. The molecule has 0 heterocycles. The van der Waals surface area contributed by atoms with E-state index in [1.54, 1.807) is 0 Å². The maximum absolute atomic E-state index is 13.7. The van der Waals surface area contributed by atoms with Crippen LogP contribution in [0.1, 0.15) is 51.0 Å². The van der Waals surface area contributed by atoms with Gasteiger partial charge in [-0.1, -0.05) is 44.2 Å². The molecule has 0 aliphatic heterocycles. The van der Waals surface area contributed by atoms with E-state index in [-0.39, 0.29) is 18.0 Å². The van der Waals surface area contributed by atoms with E-state index in [9.17, 15) is 8.78 Å². The van der Waals surface area contributed by atoms with Gasteiger partial charge in [0.15, 0.2) is 23.2 Å². The van der Waals surface area contributed by atoms with Gasteiger partial charge < -0.3 is 15.7 Å². The lowest BCUT2D eigenvalue weighted by Crippen LogP contribution is -2.14. The summed E-state index contributed by atoms with van der Waals surface area (Å²) in [6.45, 7) is 2.41. The molecule has 0 aromatic heterocycles. The van der Waals surface area contributed by atoms with Gasteiger partial charge in [0.05, 0.1) is 6.61 Å². The zero-order valence-electron chi connectivity index (χ0n) is 12.2. The summed E-state index contributed by atoms with van der Waals surface area (Å²) in [6, 6.07) is 1.96. The van der Waals surface area contributed by atoms with Gasteiger partial charge in [-0.3, -0.25) is 0 Å². The number of rotatable bonds is 9. The van der Waals surface area contributed by atoms with E-state index in [0.717, 1.165) is 31.4 Å². The molecular weight excluding hydrogens is 278 g/mol. The van der Waals surface area contributed by atoms with Crippen molar-refractivity contribution in [3.05, 3.63) is 29.3 Å². The summed E-state index contributed by atoms with van der Waals surface area (Å²) in [4.78, 5) is 0. The van der Waals surface area contributed by atoms with Crippen LogP contribution in [0.15, 0.2) is 17.3 Å². The maximum Gasteiger partial charge on any atom is 0.190 e. The molecule has 0 aliphatic rings. The van der Waals surface area contributed by atoms with Crippen LogP contribution in [0, 0.1) is 11.6 Å². The number of hydrogen-bond donors (Lipinski definition) is 2. The van der Waals surface area contributed by atoms with Crippen molar-refractivity contribution in [1.29, 1.82) is 0 Å². The molecule has 1 aromatic rings. The van der Waals surface area contributed by atoms with Gasteiger partial charge >= 0.3 is 0 Å². The molecule has 0 spiro atoms. The second kappa shape index (κ2) is 9.15. The highest BCUT2D eigenvalue weighted by atomic mass is 19.1. The van der Waals surface area contributed by atoms with Crippen molar-refractivity contribution in [1.82, 2.24) is 0 Å². The Morgan fingerprint density at radius 2 is 1.71 bits per heavy atom. The fourth-order valence-electron chi connectivity index (χ4n) is 1.96. The number of unbranched alkanes of at least 4 members (excludes halogenated alkanes) is 5. The normalized spacial score (nSPS) is 11.7. The largest absolute Gasteiger partial charge is 0.488 e. The first-order valence-corrected chi connectivity index (χ1v) is 7.19. The molecule has 0 atom stereocenters. The topological polar surface area (TPSA) is 67.8 Å². The van der Waals surface area contributed by atoms with Crippen LogP contribution in [-0.4, -0.2) is 17.6 Å². The van der Waals surface area contributed by atoms with Crippen LogP contribution in [0.2, 0.25) is 0 Å². The molecule has 0 saturated heterocycles. The first-order valence-electron chi connectivity index (χ1n) is 7.19. The Labute approximate surface area is 123 Å². The summed E-state index contributed by atoms with van der Waals surface area (Å²) < 4.78 is 32.6. The molecule has 0 radical (unpaired) electrons. The van der Waals surface area contributed by atoms with E-state index in [2.05, 4.69) is 12.1 Å². The van der Waals surface area contributed by atoms with Gasteiger partial charge in [-0.05, 0) is 18.6 Å². The van der Waals surface area contributed by atoms with Gasteiger partial charge in [0.1, 0.15) is 0 Å². The van der Waals surface area contributed by atoms with E-state index < -0.39 is 17.4 Å². The van der Waals surface area contributed by atoms with Crippen molar-refractivity contribution in [2.24, 2.45) is 10.9 Å². The van der Waals surface area contributed by atoms with E-state index in [4.69, 9.17) is 15.7 Å². The predicted octanol–water partition coefficient (Wildman–Crippen LogP) is 3.80. The van der Waals surface area contributed by atoms with Crippen molar-refractivity contribution < 1.29 is 18.7 Å². The summed E-state index contributed by atoms with van der Waals surface area (Å²) in [5.41, 5.74) is 5.26. The van der Waals surface area contributed by atoms with E-state index >= 15 is 0 Å². The van der Waals surface area contributed by atoms with Crippen LogP contribution in [0.3, 0.4) is 0 Å². The second-order valence-electron chi connectivity index (χ2n) is 4.87. The molecular formula is C15H22F2N2O2. The van der Waals surface area contributed by atoms with E-state index in [1.165, 1.54) is 19.3 Å². The van der Waals surface area contributed by atoms with Crippen LogP contribution in [0.25, 0.3) is 0 Å². The number of amidine groups is 1. The molecule has 4 nitrogen and oxygen atoms in total. The lowest BCUT2D eigenvalue weighted by molar-refractivity contribution is 0.275. The standard InChI is InChI=1S/C15H22F2N2O2/c1-2-3-4-5-6-7-8-21-14-12(16)9-11(10-13(14)17)15(18)19-20/h9-10,20H,2-8H2,1H3,(H2,18,19). The number of benzene rings is 1. The van der Waals surface area contributed by atoms with Crippen LogP contribution in [0.5, 0.6) is 5.75 Å². The van der Waals surface area contributed by atoms with Crippen LogP contribution >= 0.6 is 0 Å². The molecule has 0 amide bonds. The molecule has 21 heavy (non-hydrogen) atoms. The lowest BCUT2D eigenvalue weighted by Gasteiger charge is -2.09. The fraction of sp³-hybridized carbons (Fsp3) is 0.533. The zero-order valence-corrected chi connectivity index (χ0v) is 12.2. The lowest BCUT2D eigenvalue weighted by atomic mass is 10.1. The summed E-state index contributed by atoms with van der Waals surface area (Å²) in [7, 11) is 0. The molecule has 6 heteroatoms. The van der Waals surface area contributed by atoms with E-state index in [1.807, 2.05) is 0 Å². The van der Waals surface area contributed by atoms with Gasteiger partial charge in [-0.2, -0.15) is 0 Å². The minimum atomic E-state index is -0.859. The number of nitrogens with zero attached hydrogens (tertiary/aromatic N) is 1. The van der Waals surface area contributed by atoms with Gasteiger partial charge in [0.25, 0.3) is 0 Å². The Kier molecular flexibility index (Phi) is 7.50. The van der Waals surface area contributed by atoms with Crippen LogP contribution in [-0.2, 0) is 0 Å². The van der Waals surface area contributed by atoms with Crippen molar-refractivity contribution in [2.75, 3.05) is 6.61 Å². The van der Waals surface area contributed by atoms with Crippen LogP contribution in [0.4, 0.5) is 8.78 Å². The minimum Gasteiger partial charge on any atom is -0.488 e. The molecule has 118 valence electrons. The third-order valence-electron chi connectivity index (χ3n) is 3.15. The first kappa shape index (κ1) is 17.2. The van der Waals surface area contributed by atoms with Crippen molar-refractivity contribution in [3.63, 3.8) is 0 Å². The SMILES string of the molecule is CCCCCCCCOc1c(F)cc(C(N)=NO)cc1F. The molecule has 0 unspecified atom stereocenters. The Hall–Kier alpha value is -1.85.